The van der Waals surface area contributed by atoms with Crippen LogP contribution in [0.2, 0.25) is 5.02 Å². The zero-order valence-corrected chi connectivity index (χ0v) is 13.6. The van der Waals surface area contributed by atoms with Gasteiger partial charge < -0.3 is 10.1 Å². The van der Waals surface area contributed by atoms with Crippen molar-refractivity contribution in [2.45, 2.75) is 19.4 Å². The number of methoxy groups -OCH3 is 1. The van der Waals surface area contributed by atoms with Crippen LogP contribution in [-0.4, -0.2) is 20.8 Å². The van der Waals surface area contributed by atoms with Gasteiger partial charge in [0.1, 0.15) is 0 Å². The summed E-state index contributed by atoms with van der Waals surface area (Å²) >= 11 is 8.09. The Labute approximate surface area is 129 Å². The summed E-state index contributed by atoms with van der Waals surface area (Å²) in [5.74, 6) is 0. The van der Waals surface area contributed by atoms with E-state index in [2.05, 4.69) is 35.0 Å². The molecule has 2 nitrogen and oxygen atoms in total. The van der Waals surface area contributed by atoms with Crippen LogP contribution in [0.4, 0.5) is 0 Å². The number of ether oxygens (including phenoxy) is 1. The van der Waals surface area contributed by atoms with E-state index in [9.17, 15) is 0 Å². The van der Waals surface area contributed by atoms with Crippen LogP contribution in [0.15, 0.2) is 29.6 Å². The van der Waals surface area contributed by atoms with Crippen molar-refractivity contribution in [2.24, 2.45) is 0 Å². The third-order valence-electron chi connectivity index (χ3n) is 3.38. The number of nitrogens with one attached hydrogen (secondary N) is 1. The van der Waals surface area contributed by atoms with Crippen molar-refractivity contribution in [3.05, 3.63) is 56.2 Å². The Morgan fingerprint density at radius 3 is 2.50 bits per heavy atom. The third-order valence-corrected chi connectivity index (χ3v) is 5.16. The quantitative estimate of drug-likeness (QED) is 0.863. The average molecular weight is 310 g/mol. The van der Waals surface area contributed by atoms with E-state index in [1.807, 2.05) is 14.0 Å². The Balaban J connectivity index is 2.21. The number of hydrogen-bond donors (Lipinski definition) is 1. The van der Waals surface area contributed by atoms with Crippen molar-refractivity contribution in [3.8, 4) is 0 Å². The van der Waals surface area contributed by atoms with Crippen LogP contribution < -0.4 is 5.32 Å². The Hall–Kier alpha value is -0.870. The first-order valence-corrected chi connectivity index (χ1v) is 7.91. The van der Waals surface area contributed by atoms with Crippen LogP contribution in [0.3, 0.4) is 0 Å². The molecule has 2 rings (SSSR count). The second-order valence-electron chi connectivity index (χ2n) is 4.80. The van der Waals surface area contributed by atoms with Gasteiger partial charge >= 0.3 is 0 Å². The number of rotatable bonds is 6. The van der Waals surface area contributed by atoms with Crippen molar-refractivity contribution in [1.82, 2.24) is 5.32 Å². The van der Waals surface area contributed by atoms with Crippen LogP contribution in [-0.2, 0) is 11.2 Å². The maximum atomic E-state index is 6.39. The van der Waals surface area contributed by atoms with Gasteiger partial charge in [0, 0.05) is 12.0 Å². The monoisotopic (exact) mass is 309 g/mol. The molecule has 0 spiro atoms. The van der Waals surface area contributed by atoms with Gasteiger partial charge in [0.15, 0.2) is 0 Å². The number of aryl methyl sites for hydroxylation is 1. The molecule has 1 unspecified atom stereocenters. The SMILES string of the molecule is CNC(c1ccc(CCOC)cc1)c1scc(C)c1Cl. The topological polar surface area (TPSA) is 21.3 Å². The molecule has 0 aliphatic heterocycles. The molecule has 20 heavy (non-hydrogen) atoms. The van der Waals surface area contributed by atoms with E-state index in [1.165, 1.54) is 16.0 Å². The minimum atomic E-state index is 0.151. The van der Waals surface area contributed by atoms with Gasteiger partial charge in [-0.2, -0.15) is 0 Å². The first-order chi connectivity index (χ1) is 9.67. The van der Waals surface area contributed by atoms with Crippen molar-refractivity contribution in [3.63, 3.8) is 0 Å². The molecule has 0 saturated heterocycles. The summed E-state index contributed by atoms with van der Waals surface area (Å²) in [5.41, 5.74) is 3.67. The summed E-state index contributed by atoms with van der Waals surface area (Å²) < 4.78 is 5.10. The van der Waals surface area contributed by atoms with Crippen molar-refractivity contribution in [1.29, 1.82) is 0 Å². The van der Waals surface area contributed by atoms with Crippen molar-refractivity contribution in [2.75, 3.05) is 20.8 Å². The molecule has 0 fully saturated rings. The number of halogens is 1. The van der Waals surface area contributed by atoms with Gasteiger partial charge in [0.2, 0.25) is 0 Å². The minimum absolute atomic E-state index is 0.151. The molecule has 2 aromatic rings. The van der Waals surface area contributed by atoms with Crippen molar-refractivity contribution < 1.29 is 4.74 Å². The van der Waals surface area contributed by atoms with Crippen LogP contribution in [0.25, 0.3) is 0 Å². The van der Waals surface area contributed by atoms with Crippen LogP contribution in [0.1, 0.15) is 27.6 Å². The summed E-state index contributed by atoms with van der Waals surface area (Å²) in [6.45, 7) is 2.80. The number of thiophene rings is 1. The molecule has 1 atom stereocenters. The summed E-state index contributed by atoms with van der Waals surface area (Å²) in [5, 5.41) is 6.33. The van der Waals surface area contributed by atoms with Gasteiger partial charge in [-0.3, -0.25) is 0 Å². The minimum Gasteiger partial charge on any atom is -0.384 e. The van der Waals surface area contributed by atoms with E-state index >= 15 is 0 Å². The molecule has 1 heterocycles. The van der Waals surface area contributed by atoms with E-state index in [4.69, 9.17) is 16.3 Å². The zero-order chi connectivity index (χ0) is 14.5. The molecular weight excluding hydrogens is 290 g/mol. The highest BCUT2D eigenvalue weighted by Gasteiger charge is 2.18. The fourth-order valence-corrected chi connectivity index (χ4v) is 3.63. The van der Waals surface area contributed by atoms with E-state index in [1.54, 1.807) is 18.4 Å². The van der Waals surface area contributed by atoms with Crippen LogP contribution >= 0.6 is 22.9 Å². The predicted octanol–water partition coefficient (Wildman–Crippen LogP) is 4.21. The molecule has 1 aromatic carbocycles. The highest BCUT2D eigenvalue weighted by Crippen LogP contribution is 2.35. The zero-order valence-electron chi connectivity index (χ0n) is 12.1. The second kappa shape index (κ2) is 7.23. The van der Waals surface area contributed by atoms with Crippen LogP contribution in [0.5, 0.6) is 0 Å². The predicted molar refractivity (Wildman–Crippen MR) is 87.0 cm³/mol. The van der Waals surface area contributed by atoms with Gasteiger partial charge in [0.05, 0.1) is 17.7 Å². The maximum absolute atomic E-state index is 6.39. The summed E-state index contributed by atoms with van der Waals surface area (Å²) in [6, 6.07) is 8.80. The molecule has 0 aliphatic rings. The summed E-state index contributed by atoms with van der Waals surface area (Å²) in [7, 11) is 3.70. The van der Waals surface area contributed by atoms with Gasteiger partial charge in [-0.05, 0) is 42.5 Å². The number of hydrogen-bond acceptors (Lipinski definition) is 3. The Morgan fingerprint density at radius 1 is 1.30 bits per heavy atom. The average Bonchev–Trinajstić information content (AvgIpc) is 2.80. The van der Waals surface area contributed by atoms with E-state index in [0.29, 0.717) is 0 Å². The number of benzene rings is 1. The molecular formula is C16H20ClNOS. The highest BCUT2D eigenvalue weighted by atomic mass is 35.5. The van der Waals surface area contributed by atoms with Crippen molar-refractivity contribution >= 4 is 22.9 Å². The Morgan fingerprint density at radius 2 is 2.00 bits per heavy atom. The fraction of sp³-hybridized carbons (Fsp3) is 0.375. The molecule has 0 aliphatic carbocycles. The van der Waals surface area contributed by atoms with Gasteiger partial charge in [-0.1, -0.05) is 35.9 Å². The van der Waals surface area contributed by atoms with E-state index in [0.717, 1.165) is 23.6 Å². The molecule has 4 heteroatoms. The maximum Gasteiger partial charge on any atom is 0.0683 e. The molecule has 0 bridgehead atoms. The lowest BCUT2D eigenvalue weighted by molar-refractivity contribution is 0.202. The lowest BCUT2D eigenvalue weighted by Gasteiger charge is -2.16. The second-order valence-corrected chi connectivity index (χ2v) is 6.09. The molecule has 1 aromatic heterocycles. The first-order valence-electron chi connectivity index (χ1n) is 6.66. The smallest absolute Gasteiger partial charge is 0.0683 e. The van der Waals surface area contributed by atoms with Gasteiger partial charge in [-0.15, -0.1) is 11.3 Å². The lowest BCUT2D eigenvalue weighted by atomic mass is 10.0. The fourth-order valence-electron chi connectivity index (χ4n) is 2.19. The third kappa shape index (κ3) is 3.41. The van der Waals surface area contributed by atoms with Gasteiger partial charge in [-0.25, -0.2) is 0 Å². The first kappa shape index (κ1) is 15.5. The summed E-state index contributed by atoms with van der Waals surface area (Å²) in [6.07, 6.45) is 0.944. The van der Waals surface area contributed by atoms with E-state index in [-0.39, 0.29) is 6.04 Å². The lowest BCUT2D eigenvalue weighted by Crippen LogP contribution is -2.16. The highest BCUT2D eigenvalue weighted by molar-refractivity contribution is 7.10. The largest absolute Gasteiger partial charge is 0.384 e. The Kier molecular flexibility index (Phi) is 5.61. The van der Waals surface area contributed by atoms with E-state index < -0.39 is 0 Å². The molecule has 1 N–H and O–H groups in total. The standard InChI is InChI=1S/C16H20ClNOS/c1-11-10-20-16(14(11)17)15(18-2)13-6-4-12(5-7-13)8-9-19-3/h4-7,10,15,18H,8-9H2,1-3H3. The summed E-state index contributed by atoms with van der Waals surface area (Å²) in [4.78, 5) is 1.18. The molecule has 108 valence electrons. The van der Waals surface area contributed by atoms with Gasteiger partial charge in [0.25, 0.3) is 0 Å². The molecule has 0 amide bonds. The molecule has 0 saturated carbocycles. The Bertz CT molecular complexity index is 550. The van der Waals surface area contributed by atoms with Crippen LogP contribution in [0, 0.1) is 6.92 Å². The normalized spacial score (nSPS) is 12.6. The molecule has 0 radical (unpaired) electrons.